The average Bonchev–Trinajstić information content (AvgIpc) is 1.62. The molecule has 16 nitrogen and oxygen atoms in total. The summed E-state index contributed by atoms with van der Waals surface area (Å²) in [5.74, 6) is 39.0. The Labute approximate surface area is 597 Å². The van der Waals surface area contributed by atoms with Crippen molar-refractivity contribution in [2.24, 2.45) is 0 Å². The van der Waals surface area contributed by atoms with Crippen LogP contribution in [0, 0.1) is 165 Å². The van der Waals surface area contributed by atoms with Gasteiger partial charge in [0, 0.05) is 93.8 Å². The number of halogens is 1. The summed E-state index contributed by atoms with van der Waals surface area (Å²) < 4.78 is 87.6. The predicted molar refractivity (Wildman–Crippen MR) is 403 cm³/mol. The fourth-order valence-electron chi connectivity index (χ4n) is 9.56. The Bertz CT molecular complexity index is 5450. The molecule has 0 aliphatic carbocycles. The van der Waals surface area contributed by atoms with Crippen molar-refractivity contribution in [3.63, 3.8) is 0 Å². The van der Waals surface area contributed by atoms with E-state index >= 15 is 0 Å². The summed E-state index contributed by atoms with van der Waals surface area (Å²) in [5, 5.41) is 3.02. The van der Waals surface area contributed by atoms with E-state index in [0.29, 0.717) is 47.1 Å². The molecule has 0 N–H and O–H groups in total. The molecule has 9 aromatic rings. The van der Waals surface area contributed by atoms with E-state index in [9.17, 15) is 34.8 Å². The minimum absolute atomic E-state index is 0. The van der Waals surface area contributed by atoms with Gasteiger partial charge >= 0.3 is 5.97 Å². The number of fused-ring (bicyclic) bond motifs is 3. The van der Waals surface area contributed by atoms with Crippen LogP contribution in [0.15, 0.2) is 130 Å². The highest BCUT2D eigenvalue weighted by Gasteiger charge is 2.30. The van der Waals surface area contributed by atoms with Crippen molar-refractivity contribution >= 4 is 97.6 Å². The molecule has 3 aromatic carbocycles. The van der Waals surface area contributed by atoms with Gasteiger partial charge in [0.2, 0.25) is 0 Å². The van der Waals surface area contributed by atoms with Crippen molar-refractivity contribution in [1.29, 1.82) is 0 Å². The molecule has 0 fully saturated rings. The highest BCUT2D eigenvalue weighted by Crippen LogP contribution is 2.34. The van der Waals surface area contributed by atoms with Crippen molar-refractivity contribution in [2.45, 2.75) is 104 Å². The largest absolute Gasteiger partial charge is 0.468 e. The fraction of sp³-hybridized carbons (Fsp3) is 0.228. The average molecular weight is 1490 g/mol. The van der Waals surface area contributed by atoms with Crippen LogP contribution < -0.4 is 0 Å². The summed E-state index contributed by atoms with van der Waals surface area (Å²) in [7, 11) is -8.35. The third kappa shape index (κ3) is 23.3. The number of carbonyl (C=O) groups is 2. The van der Waals surface area contributed by atoms with Gasteiger partial charge in [-0.1, -0.05) is 39.0 Å². The number of ether oxygens (including phenoxy) is 2. The molecule has 0 bridgehead atoms. The van der Waals surface area contributed by atoms with Crippen LogP contribution in [0.3, 0.4) is 0 Å². The molecule has 99 heavy (non-hydrogen) atoms. The Hall–Kier alpha value is -11.2. The molecule has 0 radical (unpaired) electrons. The Balaban J connectivity index is 0.000000339. The van der Waals surface area contributed by atoms with Crippen LogP contribution in [0.2, 0.25) is 0 Å². The zero-order valence-corrected chi connectivity index (χ0v) is 59.7. The van der Waals surface area contributed by atoms with E-state index in [4.69, 9.17) is 28.7 Å². The molecule has 6 heterocycles. The maximum absolute atomic E-state index is 12.5. The van der Waals surface area contributed by atoms with Gasteiger partial charge in [-0.25, -0.2) is 40.2 Å². The van der Waals surface area contributed by atoms with Crippen LogP contribution in [-0.4, -0.2) is 98.8 Å². The third-order valence-electron chi connectivity index (χ3n) is 14.4. The highest BCUT2D eigenvalue weighted by atomic mass is 127. The van der Waals surface area contributed by atoms with Crippen LogP contribution >= 0.6 is 22.6 Å². The van der Waals surface area contributed by atoms with E-state index in [0.717, 1.165) is 72.2 Å². The van der Waals surface area contributed by atoms with E-state index < -0.39 is 41.4 Å². The zero-order valence-electron chi connectivity index (χ0n) is 55.1. The van der Waals surface area contributed by atoms with Crippen molar-refractivity contribution in [3.05, 3.63) is 175 Å². The van der Waals surface area contributed by atoms with Gasteiger partial charge < -0.3 is 23.2 Å². The summed E-state index contributed by atoms with van der Waals surface area (Å²) in [4.78, 5) is 37.7. The number of hydrogen-bond acceptors (Lipinski definition) is 13. The number of terminal acetylenes is 3. The standard InChI is InChI=1S/C22H24N2O6S.C17H17IN2O2S.C17H18N2O2S.C11H4.C10H2.2CH4/c1-14-10-17(31(4,27)28)8-7-16(14)11-24-15(2)20(18-6-5-9-23-21(18)24)19(12-30-13-25)22(26)29-3;1-11-9-14(23(3,21)22)7-6-13(11)10-20-12(2)16(18)15-5-4-8-19-17(15)20;1-12-9-16(22(3,20)21)7-6-15(12)11-19-13(2)10-14-5-4-8-18-17(14)19;1-3-5-7-9-11-10-8-6-4-2;1-3-5-7-9-10-8-6-4-2;;/h5-10,13,19H,11-12H2,1-4H3;4-9H,10H2,1-3H3;4-10H,11H2,1-3H3;1H,2H3;1-2H;2*1H4. The lowest BCUT2D eigenvalue weighted by Crippen LogP contribution is -2.20. The first kappa shape index (κ1) is 82.1. The van der Waals surface area contributed by atoms with Crippen molar-refractivity contribution in [2.75, 3.05) is 32.5 Å². The third-order valence-corrected chi connectivity index (χ3v) is 19.1. The first-order valence-electron chi connectivity index (χ1n) is 28.9. The van der Waals surface area contributed by atoms with Crippen molar-refractivity contribution in [3.8, 4) is 120 Å². The van der Waals surface area contributed by atoms with E-state index in [1.165, 1.54) is 35.1 Å². The van der Waals surface area contributed by atoms with Gasteiger partial charge in [-0.2, -0.15) is 0 Å². The lowest BCUT2D eigenvalue weighted by molar-refractivity contribution is -0.145. The Kier molecular flexibility index (Phi) is 32.5. The maximum atomic E-state index is 12.5. The normalized spacial score (nSPS) is 10.1. The Morgan fingerprint density at radius 2 is 0.899 bits per heavy atom. The molecule has 1 atom stereocenters. The number of carbonyl (C=O) groups excluding carboxylic acids is 2. The van der Waals surface area contributed by atoms with Crippen molar-refractivity contribution in [1.82, 2.24) is 28.7 Å². The minimum Gasteiger partial charge on any atom is -0.468 e. The number of aryl methyl sites for hydroxylation is 4. The molecule has 0 aliphatic rings. The molecule has 0 spiro atoms. The van der Waals surface area contributed by atoms with Crippen LogP contribution in [-0.2, 0) is 68.2 Å². The van der Waals surface area contributed by atoms with E-state index in [1.54, 1.807) is 74.0 Å². The number of nitrogens with zero attached hydrogens (tertiary/aromatic N) is 6. The maximum Gasteiger partial charge on any atom is 0.316 e. The van der Waals surface area contributed by atoms with E-state index in [2.05, 4.69) is 173 Å². The molecular formula is C79H73IN6O10S3. The second kappa shape index (κ2) is 39.2. The number of sulfone groups is 3. The lowest BCUT2D eigenvalue weighted by atomic mass is 9.97. The number of aromatic nitrogens is 6. The first-order valence-corrected chi connectivity index (χ1v) is 35.7. The topological polar surface area (TPSA) is 208 Å². The summed E-state index contributed by atoms with van der Waals surface area (Å²) in [6, 6.07) is 29.4. The van der Waals surface area contributed by atoms with Gasteiger partial charge in [-0.3, -0.25) is 9.59 Å². The molecule has 0 amide bonds. The lowest BCUT2D eigenvalue weighted by Gasteiger charge is -2.15. The number of hydrogen-bond donors (Lipinski definition) is 0. The van der Waals surface area contributed by atoms with Crippen molar-refractivity contribution < 1.29 is 44.3 Å². The van der Waals surface area contributed by atoms with E-state index in [-0.39, 0.29) is 26.4 Å². The number of methoxy groups -OCH3 is 1. The first-order chi connectivity index (χ1) is 46.2. The van der Waals surface area contributed by atoms with Gasteiger partial charge in [0.25, 0.3) is 6.47 Å². The monoisotopic (exact) mass is 1490 g/mol. The molecule has 6 aromatic heterocycles. The molecule has 504 valence electrons. The number of benzene rings is 3. The quantitative estimate of drug-likeness (QED) is 0.0430. The number of esters is 1. The van der Waals surface area contributed by atoms with Crippen LogP contribution in [0.1, 0.15) is 83.7 Å². The second-order valence-electron chi connectivity index (χ2n) is 21.0. The van der Waals surface area contributed by atoms with Crippen LogP contribution in [0.4, 0.5) is 0 Å². The van der Waals surface area contributed by atoms with Gasteiger partial charge in [0.1, 0.15) is 29.5 Å². The van der Waals surface area contributed by atoms with Gasteiger partial charge in [-0.05, 0) is 284 Å². The van der Waals surface area contributed by atoms with Gasteiger partial charge in [0.15, 0.2) is 29.5 Å². The summed E-state index contributed by atoms with van der Waals surface area (Å²) >= 11 is 2.35. The predicted octanol–water partition coefficient (Wildman–Crippen LogP) is 11.5. The van der Waals surface area contributed by atoms with Gasteiger partial charge in [-0.15, -0.1) is 19.3 Å². The Morgan fingerprint density at radius 1 is 0.525 bits per heavy atom. The molecule has 1 unspecified atom stereocenters. The molecule has 0 saturated heterocycles. The summed E-state index contributed by atoms with van der Waals surface area (Å²) in [6.45, 7) is 15.4. The zero-order chi connectivity index (χ0) is 71.5. The molecule has 0 saturated carbocycles. The highest BCUT2D eigenvalue weighted by molar-refractivity contribution is 14.1. The smallest absolute Gasteiger partial charge is 0.316 e. The summed E-state index contributed by atoms with van der Waals surface area (Å²) in [6.07, 6.45) is 23.4. The number of pyridine rings is 3. The molecular weight excluding hydrogens is 1420 g/mol. The van der Waals surface area contributed by atoms with Gasteiger partial charge in [0.05, 0.1) is 21.8 Å². The Morgan fingerprint density at radius 3 is 1.29 bits per heavy atom. The fourth-order valence-corrected chi connectivity index (χ4v) is 12.4. The van der Waals surface area contributed by atoms with Crippen LogP contribution in [0.25, 0.3) is 33.1 Å². The van der Waals surface area contributed by atoms with E-state index in [1.807, 2.05) is 68.7 Å². The summed E-state index contributed by atoms with van der Waals surface area (Å²) in [5.41, 5.74) is 12.2. The molecule has 20 heteroatoms. The SMILES string of the molecule is C.C.C#CC#CC#CC#CC#C.C#CC#CC#CC#CC#CC.COC(=O)C(COC=O)c1c(C)n(Cc2ccc(S(C)(=O)=O)cc2C)c2ncccc12.Cc1cc(S(C)(=O)=O)ccc1Cn1c(C)c(I)c2cccnc21.Cc1cc(S(C)(=O)=O)ccc1Cn1c(C)cc2cccnc21. The van der Waals surface area contributed by atoms with Crippen LogP contribution in [0.5, 0.6) is 0 Å². The minimum atomic E-state index is -3.30. The second-order valence-corrected chi connectivity index (χ2v) is 28.1. The molecule has 9 rings (SSSR count). The molecule has 0 aliphatic heterocycles. The number of rotatable bonds is 14.